The fraction of sp³-hybridized carbons (Fsp3) is 1.00. The molecule has 0 bridgehead atoms. The second-order valence-electron chi connectivity index (χ2n) is 20.6. The summed E-state index contributed by atoms with van der Waals surface area (Å²) < 4.78 is 49.4. The van der Waals surface area contributed by atoms with E-state index in [2.05, 4.69) is 27.7 Å². The van der Waals surface area contributed by atoms with E-state index in [-0.39, 0.29) is 36.3 Å². The Labute approximate surface area is 346 Å². The molecule has 0 radical (unpaired) electrons. The minimum absolute atomic E-state index is 0.140. The maximum atomic E-state index is 11.9. The van der Waals surface area contributed by atoms with E-state index in [4.69, 9.17) is 37.9 Å². The first kappa shape index (κ1) is 43.6. The van der Waals surface area contributed by atoms with Gasteiger partial charge in [0.1, 0.15) is 61.0 Å². The minimum atomic E-state index is -1.70. The van der Waals surface area contributed by atoms with Crippen molar-refractivity contribution in [1.82, 2.24) is 0 Å². The number of ether oxygens (including phenoxy) is 8. The molecular weight excluding hydrogens is 772 g/mol. The molecule has 9 aliphatic rings. The Balaban J connectivity index is 0.877. The molecule has 0 amide bonds. The molecule has 59 heavy (non-hydrogen) atoms. The maximum Gasteiger partial charge on any atom is 0.186 e. The molecule has 9 rings (SSSR count). The van der Waals surface area contributed by atoms with E-state index in [1.807, 2.05) is 0 Å². The molecule has 5 saturated heterocycles. The molecule has 16 heteroatoms. The Morgan fingerprint density at radius 2 is 1.29 bits per heavy atom. The minimum Gasteiger partial charge on any atom is -0.394 e. The second kappa shape index (κ2) is 16.4. The summed E-state index contributed by atoms with van der Waals surface area (Å²) in [5.74, 6) is 3.35. The van der Waals surface area contributed by atoms with Gasteiger partial charge in [0.2, 0.25) is 0 Å². The molecule has 9 fully saturated rings. The highest BCUT2D eigenvalue weighted by Gasteiger charge is 2.69. The summed E-state index contributed by atoms with van der Waals surface area (Å²) in [5.41, 5.74) is 0.378. The highest BCUT2D eigenvalue weighted by Crippen LogP contribution is 2.71. The van der Waals surface area contributed by atoms with Gasteiger partial charge < -0.3 is 78.7 Å². The van der Waals surface area contributed by atoms with Crippen molar-refractivity contribution < 1.29 is 78.7 Å². The summed E-state index contributed by atoms with van der Waals surface area (Å²) in [6.45, 7) is 9.15. The largest absolute Gasteiger partial charge is 0.394 e. The molecule has 1 spiro atoms. The number of aliphatic hydroxyl groups is 8. The van der Waals surface area contributed by atoms with Crippen LogP contribution in [0.3, 0.4) is 0 Å². The number of rotatable bonds is 7. The summed E-state index contributed by atoms with van der Waals surface area (Å²) in [4.78, 5) is 0. The first-order valence-electron chi connectivity index (χ1n) is 22.6. The van der Waals surface area contributed by atoms with Gasteiger partial charge in [-0.1, -0.05) is 27.7 Å². The molecule has 4 aliphatic carbocycles. The molecular formula is C43H70O16. The maximum absolute atomic E-state index is 11.9. The molecule has 0 aromatic rings. The van der Waals surface area contributed by atoms with E-state index >= 15 is 0 Å². The number of hydrogen-bond acceptors (Lipinski definition) is 16. The van der Waals surface area contributed by atoms with Gasteiger partial charge in [0.05, 0.1) is 38.6 Å². The molecule has 25 atom stereocenters. The molecule has 0 aromatic carbocycles. The Hall–Kier alpha value is -0.640. The lowest BCUT2D eigenvalue weighted by Crippen LogP contribution is -2.66. The van der Waals surface area contributed by atoms with E-state index in [0.717, 1.165) is 51.6 Å². The van der Waals surface area contributed by atoms with Crippen molar-refractivity contribution in [2.45, 2.75) is 190 Å². The van der Waals surface area contributed by atoms with Crippen molar-refractivity contribution in [3.63, 3.8) is 0 Å². The van der Waals surface area contributed by atoms with Gasteiger partial charge in [-0.05, 0) is 104 Å². The third-order valence-corrected chi connectivity index (χ3v) is 17.5. The van der Waals surface area contributed by atoms with E-state index in [1.165, 1.54) is 19.3 Å². The van der Waals surface area contributed by atoms with Gasteiger partial charge in [0, 0.05) is 12.3 Å². The topological polar surface area (TPSA) is 236 Å². The van der Waals surface area contributed by atoms with Gasteiger partial charge in [-0.15, -0.1) is 0 Å². The van der Waals surface area contributed by atoms with Gasteiger partial charge in [-0.25, -0.2) is 0 Å². The molecule has 338 valence electrons. The van der Waals surface area contributed by atoms with Crippen molar-refractivity contribution in [3.05, 3.63) is 0 Å². The molecule has 25 unspecified atom stereocenters. The van der Waals surface area contributed by atoms with Crippen LogP contribution in [-0.4, -0.2) is 165 Å². The summed E-state index contributed by atoms with van der Waals surface area (Å²) >= 11 is 0. The van der Waals surface area contributed by atoms with Gasteiger partial charge >= 0.3 is 0 Å². The van der Waals surface area contributed by atoms with Gasteiger partial charge in [0.25, 0.3) is 0 Å². The lowest BCUT2D eigenvalue weighted by molar-refractivity contribution is -0.380. The van der Waals surface area contributed by atoms with Crippen LogP contribution in [0.1, 0.15) is 91.9 Å². The monoisotopic (exact) mass is 842 g/mol. The summed E-state index contributed by atoms with van der Waals surface area (Å²) in [6.07, 6.45) is -8.82. The number of aliphatic hydroxyl groups excluding tert-OH is 8. The Morgan fingerprint density at radius 3 is 1.93 bits per heavy atom. The fourth-order valence-electron chi connectivity index (χ4n) is 14.1. The van der Waals surface area contributed by atoms with Gasteiger partial charge in [-0.2, -0.15) is 0 Å². The fourth-order valence-corrected chi connectivity index (χ4v) is 14.1. The SMILES string of the molecule is CC1CCC2(OC1)OC1CC3C4CCC5CC(OC6OC(CO)C(OC7OCC(O)C(O)C7O)C(OC7OCC(O)C(O)C7O)C6O)CCC5(C)C4CCC3(C)C1C2C. The van der Waals surface area contributed by atoms with Crippen molar-refractivity contribution in [2.24, 2.45) is 52.3 Å². The zero-order valence-electron chi connectivity index (χ0n) is 34.9. The Kier molecular flexibility index (Phi) is 12.1. The van der Waals surface area contributed by atoms with E-state index in [0.29, 0.717) is 41.4 Å². The van der Waals surface area contributed by atoms with E-state index in [1.54, 1.807) is 0 Å². The predicted molar refractivity (Wildman–Crippen MR) is 204 cm³/mol. The number of fused-ring (bicyclic) bond motifs is 7. The van der Waals surface area contributed by atoms with E-state index < -0.39 is 92.3 Å². The van der Waals surface area contributed by atoms with Crippen LogP contribution < -0.4 is 0 Å². The standard InChI is InChI=1S/C43H70O16/c1-19-7-12-43(54-16-19)20(2)30-28(59-43)14-25-23-6-5-21-13-22(8-10-41(21,3)24(23)9-11-42(25,30)4)55-40-35(51)37(58-39-34(50)32(48)27(46)18-53-39)36(29(15-44)56-40)57-38-33(49)31(47)26(45)17-52-38/h19-40,44-51H,5-18H2,1-4H3. The highest BCUT2D eigenvalue weighted by molar-refractivity contribution is 5.15. The summed E-state index contributed by atoms with van der Waals surface area (Å²) in [7, 11) is 0. The second-order valence-corrected chi connectivity index (χ2v) is 20.6. The quantitative estimate of drug-likeness (QED) is 0.164. The molecule has 4 saturated carbocycles. The molecule has 8 N–H and O–H groups in total. The van der Waals surface area contributed by atoms with Crippen LogP contribution in [-0.2, 0) is 37.9 Å². The predicted octanol–water partition coefficient (Wildman–Crippen LogP) is 0.545. The smallest absolute Gasteiger partial charge is 0.186 e. The van der Waals surface area contributed by atoms with Crippen LogP contribution in [0.15, 0.2) is 0 Å². The van der Waals surface area contributed by atoms with Crippen LogP contribution in [0.4, 0.5) is 0 Å². The summed E-state index contributed by atoms with van der Waals surface area (Å²) in [6, 6.07) is 0. The van der Waals surface area contributed by atoms with Crippen molar-refractivity contribution in [1.29, 1.82) is 0 Å². The van der Waals surface area contributed by atoms with Crippen molar-refractivity contribution >= 4 is 0 Å². The van der Waals surface area contributed by atoms with Crippen molar-refractivity contribution in [3.8, 4) is 0 Å². The van der Waals surface area contributed by atoms with Crippen LogP contribution >= 0.6 is 0 Å². The van der Waals surface area contributed by atoms with Crippen molar-refractivity contribution in [2.75, 3.05) is 26.4 Å². The van der Waals surface area contributed by atoms with Crippen LogP contribution in [0.5, 0.6) is 0 Å². The first-order valence-corrected chi connectivity index (χ1v) is 22.6. The van der Waals surface area contributed by atoms with E-state index in [9.17, 15) is 40.9 Å². The average molecular weight is 843 g/mol. The van der Waals surface area contributed by atoms with Gasteiger partial charge in [0.15, 0.2) is 24.7 Å². The van der Waals surface area contributed by atoms with Crippen LogP contribution in [0.25, 0.3) is 0 Å². The van der Waals surface area contributed by atoms with Crippen LogP contribution in [0, 0.1) is 52.3 Å². The third-order valence-electron chi connectivity index (χ3n) is 17.5. The first-order chi connectivity index (χ1) is 28.1. The Bertz CT molecular complexity index is 1470. The molecule has 0 aromatic heterocycles. The Morgan fingerprint density at radius 1 is 0.627 bits per heavy atom. The van der Waals surface area contributed by atoms with Crippen LogP contribution in [0.2, 0.25) is 0 Å². The zero-order valence-corrected chi connectivity index (χ0v) is 34.9. The van der Waals surface area contributed by atoms with Gasteiger partial charge in [-0.3, -0.25) is 0 Å². The molecule has 16 nitrogen and oxygen atoms in total. The third kappa shape index (κ3) is 7.28. The zero-order chi connectivity index (χ0) is 41.8. The lowest BCUT2D eigenvalue weighted by Gasteiger charge is -2.61. The molecule has 5 heterocycles. The lowest BCUT2D eigenvalue weighted by atomic mass is 9.44. The highest BCUT2D eigenvalue weighted by atomic mass is 16.8. The molecule has 5 aliphatic heterocycles. The average Bonchev–Trinajstić information content (AvgIpc) is 3.67. The number of hydrogen-bond donors (Lipinski definition) is 8. The normalized spacial score (nSPS) is 58.8. The summed E-state index contributed by atoms with van der Waals surface area (Å²) in [5, 5.41) is 84.6.